The first-order chi connectivity index (χ1) is 19.7. The van der Waals surface area contributed by atoms with Crippen molar-refractivity contribution in [3.63, 3.8) is 0 Å². The van der Waals surface area contributed by atoms with Gasteiger partial charge in [-0.1, -0.05) is 36.4 Å². The number of carbonyl (C=O) groups excluding carboxylic acids is 4. The quantitative estimate of drug-likeness (QED) is 0.399. The SMILES string of the molecule is O=C(NCc1ccccn1)C(=O)[C@@H](Cc1ccccc1)NC(=O)[C@H]1CCCCN1C(=O)CCC1CCC(F)(F)CC1. The molecule has 2 atom stereocenters. The molecule has 1 aromatic heterocycles. The van der Waals surface area contributed by atoms with Gasteiger partial charge in [-0.05, 0) is 62.1 Å². The molecule has 2 aromatic rings. The average Bonchev–Trinajstić information content (AvgIpc) is 2.99. The van der Waals surface area contributed by atoms with Crippen LogP contribution in [0.3, 0.4) is 0 Å². The van der Waals surface area contributed by atoms with Gasteiger partial charge in [0.05, 0.1) is 12.2 Å². The minimum Gasteiger partial charge on any atom is -0.344 e. The maximum Gasteiger partial charge on any atom is 0.289 e. The van der Waals surface area contributed by atoms with E-state index in [1.54, 1.807) is 29.3 Å². The molecule has 8 nitrogen and oxygen atoms in total. The number of alkyl halides is 2. The molecule has 2 heterocycles. The van der Waals surface area contributed by atoms with Gasteiger partial charge in [0.2, 0.25) is 23.5 Å². The molecule has 1 aliphatic carbocycles. The second-order valence-corrected chi connectivity index (χ2v) is 11.1. The van der Waals surface area contributed by atoms with E-state index in [1.807, 2.05) is 30.3 Å². The number of halogens is 2. The molecule has 1 aliphatic heterocycles. The summed E-state index contributed by atoms with van der Waals surface area (Å²) in [7, 11) is 0. The molecule has 1 saturated heterocycles. The van der Waals surface area contributed by atoms with Crippen molar-refractivity contribution >= 4 is 23.5 Å². The number of amides is 3. The van der Waals surface area contributed by atoms with Crippen molar-refractivity contribution in [2.24, 2.45) is 5.92 Å². The fourth-order valence-electron chi connectivity index (χ4n) is 5.61. The summed E-state index contributed by atoms with van der Waals surface area (Å²) in [5.41, 5.74) is 1.37. The van der Waals surface area contributed by atoms with Crippen molar-refractivity contribution < 1.29 is 28.0 Å². The van der Waals surface area contributed by atoms with Crippen LogP contribution >= 0.6 is 0 Å². The number of hydrogen-bond donors (Lipinski definition) is 2. The molecule has 4 rings (SSSR count). The van der Waals surface area contributed by atoms with E-state index in [2.05, 4.69) is 15.6 Å². The summed E-state index contributed by atoms with van der Waals surface area (Å²) in [6.45, 7) is 0.489. The lowest BCUT2D eigenvalue weighted by atomic mass is 9.84. The van der Waals surface area contributed by atoms with Crippen LogP contribution in [0, 0.1) is 5.92 Å². The Morgan fingerprint density at radius 3 is 2.41 bits per heavy atom. The summed E-state index contributed by atoms with van der Waals surface area (Å²) in [5, 5.41) is 5.36. The average molecular weight is 569 g/mol. The molecule has 1 saturated carbocycles. The highest BCUT2D eigenvalue weighted by Crippen LogP contribution is 2.38. The number of piperidine rings is 1. The largest absolute Gasteiger partial charge is 0.344 e. The zero-order valence-electron chi connectivity index (χ0n) is 23.2. The Bertz CT molecular complexity index is 1190. The van der Waals surface area contributed by atoms with E-state index in [0.717, 1.165) is 18.4 Å². The van der Waals surface area contributed by atoms with Gasteiger partial charge in [-0.25, -0.2) is 8.78 Å². The van der Waals surface area contributed by atoms with E-state index < -0.39 is 35.6 Å². The summed E-state index contributed by atoms with van der Waals surface area (Å²) in [4.78, 5) is 58.4. The number of aromatic nitrogens is 1. The lowest BCUT2D eigenvalue weighted by Crippen LogP contribution is -2.56. The number of nitrogens with zero attached hydrogens (tertiary/aromatic N) is 2. The molecular formula is C31H38F2N4O4. The minimum absolute atomic E-state index is 0.0704. The Morgan fingerprint density at radius 1 is 0.976 bits per heavy atom. The molecule has 0 radical (unpaired) electrons. The topological polar surface area (TPSA) is 108 Å². The van der Waals surface area contributed by atoms with Gasteiger partial charge >= 0.3 is 0 Å². The van der Waals surface area contributed by atoms with Crippen molar-refractivity contribution in [1.29, 1.82) is 0 Å². The number of rotatable bonds is 11. The molecule has 220 valence electrons. The third kappa shape index (κ3) is 8.90. The Hall–Kier alpha value is -3.69. The van der Waals surface area contributed by atoms with Crippen molar-refractivity contribution in [3.05, 3.63) is 66.0 Å². The van der Waals surface area contributed by atoms with Gasteiger partial charge in [0.15, 0.2) is 0 Å². The number of nitrogens with one attached hydrogen (secondary N) is 2. The van der Waals surface area contributed by atoms with Gasteiger partial charge in [-0.15, -0.1) is 0 Å². The van der Waals surface area contributed by atoms with Gasteiger partial charge in [0.25, 0.3) is 5.91 Å². The molecule has 0 unspecified atom stereocenters. The molecule has 2 N–H and O–H groups in total. The fourth-order valence-corrected chi connectivity index (χ4v) is 5.61. The van der Waals surface area contributed by atoms with Gasteiger partial charge in [-0.2, -0.15) is 0 Å². The van der Waals surface area contributed by atoms with Crippen LogP contribution in [0.5, 0.6) is 0 Å². The zero-order valence-corrected chi connectivity index (χ0v) is 23.2. The van der Waals surface area contributed by atoms with E-state index in [-0.39, 0.29) is 44.1 Å². The van der Waals surface area contributed by atoms with Crippen molar-refractivity contribution in [3.8, 4) is 0 Å². The number of Topliss-reactive ketones (excluding diaryl/α,β-unsaturated/α-hetero) is 1. The lowest BCUT2D eigenvalue weighted by molar-refractivity contribution is -0.144. The van der Waals surface area contributed by atoms with E-state index in [4.69, 9.17) is 0 Å². The van der Waals surface area contributed by atoms with Crippen LogP contribution in [0.4, 0.5) is 8.78 Å². The third-order valence-corrected chi connectivity index (χ3v) is 8.02. The fraction of sp³-hybridized carbons (Fsp3) is 0.516. The Morgan fingerprint density at radius 2 is 1.71 bits per heavy atom. The van der Waals surface area contributed by atoms with Crippen LogP contribution in [0.2, 0.25) is 0 Å². The Kier molecular flexibility index (Phi) is 10.5. The van der Waals surface area contributed by atoms with Crippen LogP contribution in [-0.4, -0.2) is 57.9 Å². The van der Waals surface area contributed by atoms with Gasteiger partial charge in [0.1, 0.15) is 12.1 Å². The molecule has 2 aliphatic rings. The van der Waals surface area contributed by atoms with Crippen molar-refractivity contribution in [1.82, 2.24) is 20.5 Å². The molecule has 3 amide bonds. The zero-order chi connectivity index (χ0) is 29.2. The standard InChI is InChI=1S/C31H38F2N4O4/c32-31(33)16-14-22(15-17-31)12-13-27(38)37-19-7-5-11-26(37)29(40)36-25(20-23-8-2-1-3-9-23)28(39)30(41)35-21-24-10-4-6-18-34-24/h1-4,6,8-10,18,22,25-26H,5,7,11-17,19-21H2,(H,35,41)(H,36,40)/t25-,26-/m1/s1. The highest BCUT2D eigenvalue weighted by Gasteiger charge is 2.37. The van der Waals surface area contributed by atoms with E-state index in [1.165, 1.54) is 0 Å². The molecule has 41 heavy (non-hydrogen) atoms. The maximum absolute atomic E-state index is 13.5. The number of carbonyl (C=O) groups is 4. The second kappa shape index (κ2) is 14.3. The van der Waals surface area contributed by atoms with Gasteiger partial charge < -0.3 is 15.5 Å². The van der Waals surface area contributed by atoms with E-state index in [9.17, 15) is 28.0 Å². The maximum atomic E-state index is 13.5. The number of likely N-dealkylation sites (tertiary alicyclic amines) is 1. The molecule has 2 fully saturated rings. The number of pyridine rings is 1. The van der Waals surface area contributed by atoms with E-state index >= 15 is 0 Å². The second-order valence-electron chi connectivity index (χ2n) is 11.1. The summed E-state index contributed by atoms with van der Waals surface area (Å²) in [6, 6.07) is 12.5. The lowest BCUT2D eigenvalue weighted by Gasteiger charge is -2.36. The van der Waals surface area contributed by atoms with Crippen molar-refractivity contribution in [2.75, 3.05) is 6.54 Å². The third-order valence-electron chi connectivity index (χ3n) is 8.02. The highest BCUT2D eigenvalue weighted by atomic mass is 19.3. The molecule has 10 heteroatoms. The van der Waals surface area contributed by atoms with Crippen LogP contribution in [0.15, 0.2) is 54.7 Å². The monoisotopic (exact) mass is 568 g/mol. The van der Waals surface area contributed by atoms with Crippen LogP contribution < -0.4 is 10.6 Å². The Balaban J connectivity index is 1.39. The predicted octanol–water partition coefficient (Wildman–Crippen LogP) is 3.98. The summed E-state index contributed by atoms with van der Waals surface area (Å²) >= 11 is 0. The summed E-state index contributed by atoms with van der Waals surface area (Å²) in [5.74, 6) is -4.79. The number of benzene rings is 1. The van der Waals surface area contributed by atoms with Crippen LogP contribution in [0.1, 0.15) is 69.0 Å². The van der Waals surface area contributed by atoms with Crippen LogP contribution in [0.25, 0.3) is 0 Å². The number of ketones is 1. The highest BCUT2D eigenvalue weighted by molar-refractivity contribution is 6.38. The number of hydrogen-bond acceptors (Lipinski definition) is 5. The minimum atomic E-state index is -2.61. The van der Waals surface area contributed by atoms with Gasteiger partial charge in [0, 0.05) is 38.4 Å². The molecule has 0 spiro atoms. The first kappa shape index (κ1) is 30.3. The Labute approximate surface area is 239 Å². The molecule has 1 aromatic carbocycles. The van der Waals surface area contributed by atoms with E-state index in [0.29, 0.717) is 37.9 Å². The normalized spacial score (nSPS) is 19.7. The first-order valence-corrected chi connectivity index (χ1v) is 14.5. The summed E-state index contributed by atoms with van der Waals surface area (Å²) < 4.78 is 27.0. The smallest absolute Gasteiger partial charge is 0.289 e. The molecular weight excluding hydrogens is 530 g/mol. The van der Waals surface area contributed by atoms with Crippen molar-refractivity contribution in [2.45, 2.75) is 88.8 Å². The predicted molar refractivity (Wildman–Crippen MR) is 149 cm³/mol. The van der Waals surface area contributed by atoms with Gasteiger partial charge in [-0.3, -0.25) is 24.2 Å². The summed E-state index contributed by atoms with van der Waals surface area (Å²) in [6.07, 6.45) is 4.89. The first-order valence-electron chi connectivity index (χ1n) is 14.5. The van der Waals surface area contributed by atoms with Crippen LogP contribution in [-0.2, 0) is 32.1 Å². The molecule has 0 bridgehead atoms.